The van der Waals surface area contributed by atoms with Gasteiger partial charge in [-0.2, -0.15) is 0 Å². The van der Waals surface area contributed by atoms with E-state index in [4.69, 9.17) is 4.42 Å². The van der Waals surface area contributed by atoms with Crippen LogP contribution in [0.5, 0.6) is 0 Å². The van der Waals surface area contributed by atoms with Crippen molar-refractivity contribution in [1.29, 1.82) is 0 Å². The van der Waals surface area contributed by atoms with Crippen LogP contribution in [0.4, 0.5) is 0 Å². The van der Waals surface area contributed by atoms with Gasteiger partial charge in [0.2, 0.25) is 0 Å². The van der Waals surface area contributed by atoms with E-state index in [9.17, 15) is 0 Å². The molecule has 2 nitrogen and oxygen atoms in total. The summed E-state index contributed by atoms with van der Waals surface area (Å²) in [4.78, 5) is 0. The van der Waals surface area contributed by atoms with Gasteiger partial charge in [0.25, 0.3) is 0 Å². The highest BCUT2D eigenvalue weighted by molar-refractivity contribution is 6.25. The van der Waals surface area contributed by atoms with Gasteiger partial charge in [0.1, 0.15) is 11.2 Å². The number of hydrogen-bond donors (Lipinski definition) is 0. The second kappa shape index (κ2) is 11.6. The minimum absolute atomic E-state index is 0.249. The van der Waals surface area contributed by atoms with Gasteiger partial charge < -0.3 is 8.98 Å². The number of rotatable bonds is 4. The van der Waals surface area contributed by atoms with E-state index in [1.807, 2.05) is 18.2 Å². The number of allylic oxidation sites excluding steroid dienone is 3. The molecule has 0 bridgehead atoms. The fourth-order valence-electron chi connectivity index (χ4n) is 8.66. The van der Waals surface area contributed by atoms with Crippen molar-refractivity contribution < 1.29 is 4.42 Å². The first-order valence-electron chi connectivity index (χ1n) is 18.6. The number of hydrogen-bond acceptors (Lipinski definition) is 1. The maximum atomic E-state index is 6.15. The number of aromatic nitrogens is 1. The van der Waals surface area contributed by atoms with Gasteiger partial charge in [0.15, 0.2) is 0 Å². The lowest BCUT2D eigenvalue weighted by Gasteiger charge is -2.15. The van der Waals surface area contributed by atoms with Crippen LogP contribution in [-0.4, -0.2) is 4.57 Å². The maximum Gasteiger partial charge on any atom is 0.135 e. The predicted molar refractivity (Wildman–Crippen MR) is 230 cm³/mol. The Morgan fingerprint density at radius 3 is 1.78 bits per heavy atom. The van der Waals surface area contributed by atoms with E-state index in [0.29, 0.717) is 0 Å². The Kier molecular flexibility index (Phi) is 6.57. The molecule has 254 valence electrons. The Labute approximate surface area is 313 Å². The molecule has 0 aliphatic heterocycles. The van der Waals surface area contributed by atoms with Gasteiger partial charge in [-0.25, -0.2) is 0 Å². The topological polar surface area (TPSA) is 18.1 Å². The minimum atomic E-state index is -0.249. The molecule has 1 atom stereocenters. The lowest BCUT2D eigenvalue weighted by atomic mass is 9.90. The number of furan rings is 1. The highest BCUT2D eigenvalue weighted by Crippen LogP contribution is 2.41. The molecule has 0 spiro atoms. The summed E-state index contributed by atoms with van der Waals surface area (Å²) in [7, 11) is 0. The molecular formula is C52H35NO. The summed E-state index contributed by atoms with van der Waals surface area (Å²) in [5.74, 6) is 0. The molecule has 0 saturated heterocycles. The summed E-state index contributed by atoms with van der Waals surface area (Å²) in [6.45, 7) is 6.37. The number of para-hydroxylation sites is 1. The van der Waals surface area contributed by atoms with Gasteiger partial charge in [-0.3, -0.25) is 0 Å². The minimum Gasteiger partial charge on any atom is -0.456 e. The molecule has 1 aliphatic carbocycles. The second-order valence-corrected chi connectivity index (χ2v) is 14.8. The lowest BCUT2D eigenvalue weighted by molar-refractivity contribution is 0.669. The van der Waals surface area contributed by atoms with E-state index in [-0.39, 0.29) is 5.41 Å². The maximum absolute atomic E-state index is 6.15. The summed E-state index contributed by atoms with van der Waals surface area (Å²) in [5.41, 5.74) is 11.0. The van der Waals surface area contributed by atoms with Crippen molar-refractivity contribution in [1.82, 2.24) is 4.57 Å². The van der Waals surface area contributed by atoms with E-state index in [0.717, 1.165) is 33.3 Å². The van der Waals surface area contributed by atoms with Crippen LogP contribution < -0.4 is 0 Å². The van der Waals surface area contributed by atoms with Crippen molar-refractivity contribution in [3.8, 4) is 27.9 Å². The molecule has 8 aromatic carbocycles. The summed E-state index contributed by atoms with van der Waals surface area (Å²) >= 11 is 0. The average Bonchev–Trinajstić information content (AvgIpc) is 3.70. The van der Waals surface area contributed by atoms with Crippen LogP contribution in [0, 0.1) is 5.41 Å². The number of benzene rings is 8. The zero-order valence-corrected chi connectivity index (χ0v) is 29.9. The third kappa shape index (κ3) is 4.60. The molecule has 0 radical (unpaired) electrons. The zero-order valence-electron chi connectivity index (χ0n) is 29.9. The molecule has 2 heterocycles. The first-order valence-corrected chi connectivity index (χ1v) is 18.6. The Balaban J connectivity index is 1.09. The quantitative estimate of drug-likeness (QED) is 0.133. The summed E-state index contributed by atoms with van der Waals surface area (Å²) in [6.07, 6.45) is 11.1. The van der Waals surface area contributed by atoms with Gasteiger partial charge in [-0.15, -0.1) is 6.58 Å². The summed E-state index contributed by atoms with van der Waals surface area (Å²) < 4.78 is 8.58. The van der Waals surface area contributed by atoms with Crippen molar-refractivity contribution in [2.45, 2.75) is 6.92 Å². The van der Waals surface area contributed by atoms with Crippen LogP contribution in [0.2, 0.25) is 0 Å². The molecule has 0 N–H and O–H groups in total. The van der Waals surface area contributed by atoms with E-state index >= 15 is 0 Å². The molecule has 54 heavy (non-hydrogen) atoms. The molecule has 1 unspecified atom stereocenters. The molecule has 1 aliphatic rings. The second-order valence-electron chi connectivity index (χ2n) is 14.8. The summed E-state index contributed by atoms with van der Waals surface area (Å²) in [5, 5.41) is 11.2. The van der Waals surface area contributed by atoms with Crippen LogP contribution in [0.1, 0.15) is 18.2 Å². The highest BCUT2D eigenvalue weighted by atomic mass is 16.3. The first-order chi connectivity index (χ1) is 26.5. The Morgan fingerprint density at radius 1 is 0.481 bits per heavy atom. The fourth-order valence-corrected chi connectivity index (χ4v) is 8.66. The largest absolute Gasteiger partial charge is 0.456 e. The van der Waals surface area contributed by atoms with E-state index in [1.165, 1.54) is 71.0 Å². The number of fused-ring (bicyclic) bond motifs is 12. The Hall–Kier alpha value is -6.90. The molecule has 11 rings (SSSR count). The fraction of sp³-hybridized carbons (Fsp3) is 0.0385. The van der Waals surface area contributed by atoms with Crippen LogP contribution in [0.3, 0.4) is 0 Å². The molecule has 0 amide bonds. The monoisotopic (exact) mass is 689 g/mol. The molecular weight excluding hydrogens is 655 g/mol. The highest BCUT2D eigenvalue weighted by Gasteiger charge is 2.22. The van der Waals surface area contributed by atoms with Gasteiger partial charge in [-0.1, -0.05) is 127 Å². The Morgan fingerprint density at radius 2 is 1.04 bits per heavy atom. The molecule has 2 aromatic heterocycles. The van der Waals surface area contributed by atoms with E-state index < -0.39 is 0 Å². The van der Waals surface area contributed by atoms with Crippen molar-refractivity contribution in [2.24, 2.45) is 5.41 Å². The van der Waals surface area contributed by atoms with Gasteiger partial charge in [0, 0.05) is 32.8 Å². The van der Waals surface area contributed by atoms with Crippen molar-refractivity contribution in [3.63, 3.8) is 0 Å². The van der Waals surface area contributed by atoms with E-state index in [2.05, 4.69) is 182 Å². The van der Waals surface area contributed by atoms with Crippen molar-refractivity contribution in [2.75, 3.05) is 0 Å². The van der Waals surface area contributed by atoms with Gasteiger partial charge >= 0.3 is 0 Å². The third-order valence-corrected chi connectivity index (χ3v) is 11.6. The van der Waals surface area contributed by atoms with Gasteiger partial charge in [0.05, 0.1) is 11.2 Å². The van der Waals surface area contributed by atoms with Crippen LogP contribution in [0.15, 0.2) is 181 Å². The average molecular weight is 690 g/mol. The van der Waals surface area contributed by atoms with Crippen LogP contribution >= 0.6 is 0 Å². The molecule has 0 fully saturated rings. The predicted octanol–water partition coefficient (Wildman–Crippen LogP) is 14.6. The Bertz CT molecular complexity index is 3220. The standard InChI is InChI=1S/C52H35NO/c1-3-52(2)27-25-43-46-31-35(36-21-24-51-47(32-36)44-17-8-9-18-50(44)54-51)20-23-48(46)53(49(43)26-28-52)37-12-10-11-33(29-37)34-19-22-42-40-15-5-4-13-38(40)39-14-6-7-16-41(39)45(42)30-34/h3-32H,1H2,2H3. The zero-order chi connectivity index (χ0) is 36.0. The first kappa shape index (κ1) is 30.7. The SMILES string of the molecule is C=CC1(C)C=Cc2c(n(-c3cccc(-c4ccc5c6ccccc6c6ccccc6c5c4)c3)c3ccc(-c4ccc5oc6ccccc6c5c4)cc23)C=C1. The number of nitrogens with zero attached hydrogens (tertiary/aromatic N) is 1. The molecule has 2 heteroatoms. The van der Waals surface area contributed by atoms with Gasteiger partial charge in [-0.05, 0) is 116 Å². The molecule has 0 saturated carbocycles. The normalized spacial score (nSPS) is 15.5. The lowest BCUT2D eigenvalue weighted by Crippen LogP contribution is -2.03. The summed E-state index contributed by atoms with van der Waals surface area (Å²) in [6, 6.07) is 55.2. The molecule has 10 aromatic rings. The smallest absolute Gasteiger partial charge is 0.135 e. The third-order valence-electron chi connectivity index (χ3n) is 11.6. The van der Waals surface area contributed by atoms with Crippen LogP contribution in [-0.2, 0) is 0 Å². The van der Waals surface area contributed by atoms with Crippen molar-refractivity contribution >= 4 is 77.3 Å². The van der Waals surface area contributed by atoms with Crippen LogP contribution in [0.25, 0.3) is 105 Å². The van der Waals surface area contributed by atoms with Crippen molar-refractivity contribution in [3.05, 3.63) is 188 Å². The van der Waals surface area contributed by atoms with E-state index in [1.54, 1.807) is 0 Å².